The monoisotopic (exact) mass is 345 g/mol. The van der Waals surface area contributed by atoms with Crippen LogP contribution in [0.15, 0.2) is 78.9 Å². The Balaban J connectivity index is 2.11. The summed E-state index contributed by atoms with van der Waals surface area (Å²) in [5.74, 6) is 1.33. The lowest BCUT2D eigenvalue weighted by molar-refractivity contribution is 0.395. The molecular weight excluding hydrogens is 322 g/mol. The van der Waals surface area contributed by atoms with E-state index in [4.69, 9.17) is 15.2 Å². The molecule has 0 amide bonds. The summed E-state index contributed by atoms with van der Waals surface area (Å²) in [6.07, 6.45) is 4.28. The Kier molecular flexibility index (Phi) is 5.59. The average Bonchev–Trinajstić information content (AvgIpc) is 2.71. The van der Waals surface area contributed by atoms with Gasteiger partial charge in [-0.2, -0.15) is 0 Å². The summed E-state index contributed by atoms with van der Waals surface area (Å²) >= 11 is 0. The van der Waals surface area contributed by atoms with Crippen LogP contribution >= 0.6 is 0 Å². The second-order valence-electron chi connectivity index (χ2n) is 5.99. The maximum Gasteiger partial charge on any atom is 0.145 e. The molecule has 0 bridgehead atoms. The first-order valence-corrected chi connectivity index (χ1v) is 8.52. The molecule has 0 spiro atoms. The van der Waals surface area contributed by atoms with Gasteiger partial charge in [0.25, 0.3) is 0 Å². The van der Waals surface area contributed by atoms with Crippen molar-refractivity contribution < 1.29 is 9.47 Å². The Morgan fingerprint density at radius 3 is 2.12 bits per heavy atom. The van der Waals surface area contributed by atoms with Crippen LogP contribution in [0.5, 0.6) is 11.5 Å². The lowest BCUT2D eigenvalue weighted by atomic mass is 9.89. The zero-order valence-electron chi connectivity index (χ0n) is 15.1. The molecule has 0 heterocycles. The van der Waals surface area contributed by atoms with E-state index in [1.165, 1.54) is 0 Å². The van der Waals surface area contributed by atoms with Gasteiger partial charge >= 0.3 is 0 Å². The quantitative estimate of drug-likeness (QED) is 0.630. The Labute approximate surface area is 154 Å². The fourth-order valence-corrected chi connectivity index (χ4v) is 2.99. The van der Waals surface area contributed by atoms with Crippen molar-refractivity contribution in [3.8, 4) is 11.5 Å². The predicted octanol–water partition coefficient (Wildman–Crippen LogP) is 5.13. The minimum absolute atomic E-state index is 0.0135. The predicted molar refractivity (Wildman–Crippen MR) is 108 cm³/mol. The van der Waals surface area contributed by atoms with Crippen LogP contribution in [0.1, 0.15) is 22.6 Å². The number of nitrogens with two attached hydrogens (primary N) is 1. The third-order valence-electron chi connectivity index (χ3n) is 4.38. The summed E-state index contributed by atoms with van der Waals surface area (Å²) in [6.45, 7) is 0. The molecule has 3 nitrogen and oxygen atoms in total. The van der Waals surface area contributed by atoms with Crippen molar-refractivity contribution in [2.45, 2.75) is 5.92 Å². The number of ether oxygens (including phenoxy) is 2. The number of hydrogen-bond donors (Lipinski definition) is 1. The van der Waals surface area contributed by atoms with Gasteiger partial charge in [-0.1, -0.05) is 72.8 Å². The molecule has 2 N–H and O–H groups in total. The van der Waals surface area contributed by atoms with E-state index >= 15 is 0 Å². The maximum atomic E-state index is 6.41. The second kappa shape index (κ2) is 8.26. The van der Waals surface area contributed by atoms with E-state index in [0.717, 1.165) is 22.4 Å². The molecule has 3 aromatic rings. The van der Waals surface area contributed by atoms with Gasteiger partial charge < -0.3 is 15.2 Å². The van der Waals surface area contributed by atoms with Crippen LogP contribution in [-0.4, -0.2) is 14.2 Å². The number of anilines is 1. The first kappa shape index (κ1) is 17.6. The third-order valence-corrected chi connectivity index (χ3v) is 4.38. The highest BCUT2D eigenvalue weighted by Gasteiger charge is 2.18. The molecule has 26 heavy (non-hydrogen) atoms. The van der Waals surface area contributed by atoms with Gasteiger partial charge in [-0.3, -0.25) is 0 Å². The fraction of sp³-hybridized carbons (Fsp3) is 0.130. The Hall–Kier alpha value is -3.20. The largest absolute Gasteiger partial charge is 0.497 e. The first-order valence-electron chi connectivity index (χ1n) is 8.52. The van der Waals surface area contributed by atoms with Crippen molar-refractivity contribution in [2.75, 3.05) is 20.0 Å². The van der Waals surface area contributed by atoms with Gasteiger partial charge in [0.2, 0.25) is 0 Å². The lowest BCUT2D eigenvalue weighted by Crippen LogP contribution is -2.05. The fourth-order valence-electron chi connectivity index (χ4n) is 2.99. The summed E-state index contributed by atoms with van der Waals surface area (Å²) in [5, 5.41) is 0. The van der Waals surface area contributed by atoms with Crippen molar-refractivity contribution >= 4 is 11.8 Å². The van der Waals surface area contributed by atoms with E-state index in [-0.39, 0.29) is 5.92 Å². The summed E-state index contributed by atoms with van der Waals surface area (Å²) in [7, 11) is 3.26. The Morgan fingerprint density at radius 1 is 0.846 bits per heavy atom. The summed E-state index contributed by atoms with van der Waals surface area (Å²) in [5.41, 5.74) is 10.3. The van der Waals surface area contributed by atoms with Crippen molar-refractivity contribution in [1.82, 2.24) is 0 Å². The molecular formula is C23H23NO2. The van der Waals surface area contributed by atoms with Crippen LogP contribution < -0.4 is 15.2 Å². The van der Waals surface area contributed by atoms with Crippen molar-refractivity contribution in [2.24, 2.45) is 0 Å². The van der Waals surface area contributed by atoms with E-state index in [1.54, 1.807) is 14.2 Å². The molecule has 3 rings (SSSR count). The van der Waals surface area contributed by atoms with Crippen molar-refractivity contribution in [1.29, 1.82) is 0 Å². The zero-order valence-corrected chi connectivity index (χ0v) is 15.1. The summed E-state index contributed by atoms with van der Waals surface area (Å²) in [4.78, 5) is 0. The van der Waals surface area contributed by atoms with E-state index in [9.17, 15) is 0 Å². The minimum Gasteiger partial charge on any atom is -0.497 e. The van der Waals surface area contributed by atoms with Crippen LogP contribution in [0.2, 0.25) is 0 Å². The molecule has 0 aromatic heterocycles. The van der Waals surface area contributed by atoms with Crippen LogP contribution in [0.3, 0.4) is 0 Å². The second-order valence-corrected chi connectivity index (χ2v) is 5.99. The highest BCUT2D eigenvalue weighted by Crippen LogP contribution is 2.39. The smallest absolute Gasteiger partial charge is 0.145 e. The highest BCUT2D eigenvalue weighted by molar-refractivity contribution is 5.66. The van der Waals surface area contributed by atoms with Crippen LogP contribution in [0.4, 0.5) is 5.69 Å². The van der Waals surface area contributed by atoms with Gasteiger partial charge in [-0.25, -0.2) is 0 Å². The van der Waals surface area contributed by atoms with E-state index in [0.29, 0.717) is 11.4 Å². The first-order chi connectivity index (χ1) is 12.7. The molecule has 0 fully saturated rings. The van der Waals surface area contributed by atoms with Gasteiger partial charge in [0, 0.05) is 12.0 Å². The van der Waals surface area contributed by atoms with Crippen LogP contribution in [0, 0.1) is 0 Å². The number of benzene rings is 3. The normalized spacial score (nSPS) is 12.1. The summed E-state index contributed by atoms with van der Waals surface area (Å²) in [6, 6.07) is 24.3. The van der Waals surface area contributed by atoms with E-state index in [2.05, 4.69) is 36.4 Å². The molecule has 0 aliphatic rings. The molecule has 1 unspecified atom stereocenters. The lowest BCUT2D eigenvalue weighted by Gasteiger charge is -2.19. The van der Waals surface area contributed by atoms with Gasteiger partial charge in [0.05, 0.1) is 19.9 Å². The molecule has 0 aliphatic heterocycles. The number of methoxy groups -OCH3 is 2. The number of allylic oxidation sites excluding steroid dienone is 1. The molecule has 132 valence electrons. The number of nitrogen functional groups attached to an aromatic ring is 1. The highest BCUT2D eigenvalue weighted by atomic mass is 16.5. The molecule has 3 aromatic carbocycles. The molecule has 0 radical (unpaired) electrons. The average molecular weight is 345 g/mol. The third kappa shape index (κ3) is 3.89. The number of hydrogen-bond acceptors (Lipinski definition) is 3. The van der Waals surface area contributed by atoms with Gasteiger partial charge in [0.15, 0.2) is 0 Å². The minimum atomic E-state index is -0.0135. The molecule has 3 heteroatoms. The van der Waals surface area contributed by atoms with E-state index in [1.807, 2.05) is 48.5 Å². The molecule has 0 aliphatic carbocycles. The number of rotatable bonds is 6. The van der Waals surface area contributed by atoms with Crippen LogP contribution in [0.25, 0.3) is 6.08 Å². The molecule has 0 saturated carbocycles. The SMILES string of the molecule is COc1cc(OC)c(N)c(C(/C=C/c2ccccc2)c2ccccc2)c1. The Morgan fingerprint density at radius 2 is 1.50 bits per heavy atom. The van der Waals surface area contributed by atoms with Gasteiger partial charge in [-0.15, -0.1) is 0 Å². The molecule has 1 atom stereocenters. The van der Waals surface area contributed by atoms with Gasteiger partial charge in [0.1, 0.15) is 11.5 Å². The van der Waals surface area contributed by atoms with Crippen molar-refractivity contribution in [3.63, 3.8) is 0 Å². The van der Waals surface area contributed by atoms with Gasteiger partial charge in [-0.05, 0) is 22.8 Å². The van der Waals surface area contributed by atoms with Crippen molar-refractivity contribution in [3.05, 3.63) is 95.6 Å². The standard InChI is InChI=1S/C23H23NO2/c1-25-19-15-21(23(24)22(16-19)26-2)20(18-11-7-4-8-12-18)14-13-17-9-5-3-6-10-17/h3-16,20H,24H2,1-2H3/b14-13+. The Bertz CT molecular complexity index is 873. The maximum absolute atomic E-state index is 6.41. The zero-order chi connectivity index (χ0) is 18.4. The van der Waals surface area contributed by atoms with E-state index < -0.39 is 0 Å². The van der Waals surface area contributed by atoms with Crippen LogP contribution in [-0.2, 0) is 0 Å². The summed E-state index contributed by atoms with van der Waals surface area (Å²) < 4.78 is 10.9. The molecule has 0 saturated heterocycles. The topological polar surface area (TPSA) is 44.5 Å².